The van der Waals surface area contributed by atoms with E-state index in [9.17, 15) is 9.59 Å². The van der Waals surface area contributed by atoms with Gasteiger partial charge in [0.1, 0.15) is 16.5 Å². The summed E-state index contributed by atoms with van der Waals surface area (Å²) in [6.07, 6.45) is 6.17. The number of amides is 2. The van der Waals surface area contributed by atoms with E-state index in [-0.39, 0.29) is 5.91 Å². The number of thiophene rings is 1. The minimum Gasteiger partial charge on any atom is -0.460 e. The number of nitrogens with zero attached hydrogens (tertiary/aromatic N) is 1. The predicted octanol–water partition coefficient (Wildman–Crippen LogP) is 5.87. The zero-order valence-corrected chi connectivity index (χ0v) is 19.3. The molecule has 3 heterocycles. The van der Waals surface area contributed by atoms with E-state index >= 15 is 0 Å². The van der Waals surface area contributed by atoms with Crippen molar-refractivity contribution < 1.29 is 14.0 Å². The maximum absolute atomic E-state index is 13.5. The highest BCUT2D eigenvalue weighted by Crippen LogP contribution is 2.37. The van der Waals surface area contributed by atoms with E-state index in [1.54, 1.807) is 6.07 Å². The molecule has 0 saturated heterocycles. The molecule has 5 rings (SSSR count). The lowest BCUT2D eigenvalue weighted by molar-refractivity contribution is 0.100. The van der Waals surface area contributed by atoms with Gasteiger partial charge in [-0.2, -0.15) is 0 Å². The fourth-order valence-electron chi connectivity index (χ4n) is 4.50. The molecule has 0 bridgehead atoms. The molecule has 33 heavy (non-hydrogen) atoms. The van der Waals surface area contributed by atoms with Gasteiger partial charge in [-0.15, -0.1) is 11.3 Å². The van der Waals surface area contributed by atoms with Crippen LogP contribution in [0.4, 0.5) is 5.00 Å². The van der Waals surface area contributed by atoms with Crippen molar-refractivity contribution in [2.75, 3.05) is 5.32 Å². The van der Waals surface area contributed by atoms with Crippen LogP contribution >= 0.6 is 11.3 Å². The maximum Gasteiger partial charge on any atom is 0.257 e. The molecular formula is C26H25N3O3S. The number of carbonyl (C=O) groups is 2. The van der Waals surface area contributed by atoms with Crippen molar-refractivity contribution in [3.05, 3.63) is 69.8 Å². The highest BCUT2D eigenvalue weighted by atomic mass is 32.1. The number of aromatic nitrogens is 1. The van der Waals surface area contributed by atoms with Gasteiger partial charge < -0.3 is 15.5 Å². The van der Waals surface area contributed by atoms with E-state index in [0.717, 1.165) is 53.7 Å². The molecule has 3 aromatic heterocycles. The first-order valence-corrected chi connectivity index (χ1v) is 12.0. The summed E-state index contributed by atoms with van der Waals surface area (Å²) in [6.45, 7) is 1.87. The Bertz CT molecular complexity index is 1370. The molecule has 2 amide bonds. The van der Waals surface area contributed by atoms with Crippen LogP contribution in [0.1, 0.15) is 62.6 Å². The average molecular weight is 460 g/mol. The van der Waals surface area contributed by atoms with Crippen LogP contribution in [0.15, 0.2) is 46.9 Å². The third-order valence-electron chi connectivity index (χ3n) is 6.10. The number of benzene rings is 1. The van der Waals surface area contributed by atoms with Gasteiger partial charge in [0.15, 0.2) is 5.76 Å². The van der Waals surface area contributed by atoms with Crippen LogP contribution in [0.25, 0.3) is 22.4 Å². The highest BCUT2D eigenvalue weighted by Gasteiger charge is 2.25. The summed E-state index contributed by atoms with van der Waals surface area (Å²) >= 11 is 1.48. The first-order chi connectivity index (χ1) is 16.0. The van der Waals surface area contributed by atoms with Crippen LogP contribution in [0.5, 0.6) is 0 Å². The summed E-state index contributed by atoms with van der Waals surface area (Å²) < 4.78 is 5.75. The van der Waals surface area contributed by atoms with Crippen LogP contribution in [0.3, 0.4) is 0 Å². The summed E-state index contributed by atoms with van der Waals surface area (Å²) in [6, 6.07) is 13.0. The van der Waals surface area contributed by atoms with Gasteiger partial charge in [0.2, 0.25) is 0 Å². The van der Waals surface area contributed by atoms with E-state index in [2.05, 4.69) is 10.3 Å². The van der Waals surface area contributed by atoms with Gasteiger partial charge in [-0.05, 0) is 62.4 Å². The van der Waals surface area contributed by atoms with Gasteiger partial charge in [-0.1, -0.05) is 31.0 Å². The summed E-state index contributed by atoms with van der Waals surface area (Å²) in [5, 5.41) is 4.27. The Morgan fingerprint density at radius 3 is 2.61 bits per heavy atom. The second-order valence-corrected chi connectivity index (χ2v) is 9.53. The van der Waals surface area contributed by atoms with Crippen LogP contribution in [0, 0.1) is 6.92 Å². The molecule has 0 atom stereocenters. The van der Waals surface area contributed by atoms with Crippen molar-refractivity contribution in [2.45, 2.75) is 45.4 Å². The van der Waals surface area contributed by atoms with E-state index in [0.29, 0.717) is 33.1 Å². The number of nitrogens with one attached hydrogen (secondary N) is 1. The largest absolute Gasteiger partial charge is 0.460 e. The predicted molar refractivity (Wildman–Crippen MR) is 131 cm³/mol. The number of hydrogen-bond donors (Lipinski definition) is 2. The van der Waals surface area contributed by atoms with Crippen LogP contribution in [-0.4, -0.2) is 16.8 Å². The monoisotopic (exact) mass is 459 g/mol. The van der Waals surface area contributed by atoms with Gasteiger partial charge in [-0.3, -0.25) is 9.59 Å². The lowest BCUT2D eigenvalue weighted by Gasteiger charge is -2.11. The Balaban J connectivity index is 1.57. The molecule has 1 aliphatic rings. The zero-order valence-electron chi connectivity index (χ0n) is 18.4. The maximum atomic E-state index is 13.5. The second-order valence-electron chi connectivity index (χ2n) is 8.42. The van der Waals surface area contributed by atoms with Crippen molar-refractivity contribution in [3.63, 3.8) is 0 Å². The van der Waals surface area contributed by atoms with Crippen LogP contribution in [0.2, 0.25) is 0 Å². The fraction of sp³-hybridized carbons (Fsp3) is 0.269. The molecule has 0 saturated carbocycles. The lowest BCUT2D eigenvalue weighted by atomic mass is 9.96. The van der Waals surface area contributed by atoms with Crippen LogP contribution in [-0.2, 0) is 12.8 Å². The molecule has 0 unspecified atom stereocenters. The van der Waals surface area contributed by atoms with E-state index < -0.39 is 5.91 Å². The topological polar surface area (TPSA) is 98.2 Å². The molecule has 6 nitrogen and oxygen atoms in total. The van der Waals surface area contributed by atoms with Crippen molar-refractivity contribution in [1.82, 2.24) is 4.98 Å². The molecule has 4 aromatic rings. The number of primary amides is 1. The number of nitrogens with two attached hydrogens (primary N) is 1. The van der Waals surface area contributed by atoms with Gasteiger partial charge in [0.05, 0.1) is 16.6 Å². The molecule has 1 aliphatic carbocycles. The minimum atomic E-state index is -0.491. The number of anilines is 1. The van der Waals surface area contributed by atoms with Crippen LogP contribution < -0.4 is 11.1 Å². The van der Waals surface area contributed by atoms with Gasteiger partial charge in [-0.25, -0.2) is 4.98 Å². The molecule has 7 heteroatoms. The number of hydrogen-bond acceptors (Lipinski definition) is 5. The van der Waals surface area contributed by atoms with Gasteiger partial charge >= 0.3 is 0 Å². The second kappa shape index (κ2) is 8.83. The molecule has 168 valence electrons. The summed E-state index contributed by atoms with van der Waals surface area (Å²) in [5.41, 5.74) is 9.00. The standard InChI is InChI=1S/C26H25N3O3S/c1-15-12-13-21(32-15)20-14-18(16-8-6-7-10-19(16)28-20)25(31)29-26-23(24(27)30)17-9-4-2-3-5-11-22(17)33-26/h6-8,10,12-14H,2-5,9,11H2,1H3,(H2,27,30)(H,29,31). The Morgan fingerprint density at radius 2 is 1.85 bits per heavy atom. The SMILES string of the molecule is Cc1ccc(-c2cc(C(=O)Nc3sc4c(c3C(N)=O)CCCCCC4)c3ccccc3n2)o1. The molecule has 0 spiro atoms. The molecule has 0 aliphatic heterocycles. The van der Waals surface area contributed by atoms with Crippen molar-refractivity contribution >= 4 is 39.1 Å². The normalized spacial score (nSPS) is 13.8. The van der Waals surface area contributed by atoms with Gasteiger partial charge in [0.25, 0.3) is 11.8 Å². The number of rotatable bonds is 4. The third kappa shape index (κ3) is 4.16. The average Bonchev–Trinajstić information content (AvgIpc) is 3.36. The Hall–Kier alpha value is -3.45. The Labute approximate surface area is 195 Å². The number of pyridine rings is 1. The van der Waals surface area contributed by atoms with Crippen molar-refractivity contribution in [1.29, 1.82) is 0 Å². The van der Waals surface area contributed by atoms with Crippen molar-refractivity contribution in [3.8, 4) is 11.5 Å². The summed E-state index contributed by atoms with van der Waals surface area (Å²) in [7, 11) is 0. The molecule has 0 radical (unpaired) electrons. The molecule has 0 fully saturated rings. The summed E-state index contributed by atoms with van der Waals surface area (Å²) in [5.74, 6) is 0.585. The van der Waals surface area contributed by atoms with E-state index in [1.807, 2.05) is 43.3 Å². The first-order valence-electron chi connectivity index (χ1n) is 11.2. The Kier molecular flexibility index (Phi) is 5.72. The minimum absolute atomic E-state index is 0.296. The Morgan fingerprint density at radius 1 is 1.06 bits per heavy atom. The first kappa shape index (κ1) is 21.4. The smallest absolute Gasteiger partial charge is 0.257 e. The highest BCUT2D eigenvalue weighted by molar-refractivity contribution is 7.17. The fourth-order valence-corrected chi connectivity index (χ4v) is 5.79. The number of furan rings is 1. The van der Waals surface area contributed by atoms with Gasteiger partial charge in [0, 0.05) is 10.3 Å². The molecule has 3 N–H and O–H groups in total. The number of carbonyl (C=O) groups excluding carboxylic acids is 2. The number of aryl methyl sites for hydroxylation is 2. The number of fused-ring (bicyclic) bond motifs is 2. The zero-order chi connectivity index (χ0) is 22.9. The van der Waals surface area contributed by atoms with E-state index in [1.165, 1.54) is 17.8 Å². The van der Waals surface area contributed by atoms with Crippen molar-refractivity contribution in [2.24, 2.45) is 5.73 Å². The molecule has 1 aromatic carbocycles. The third-order valence-corrected chi connectivity index (χ3v) is 7.31. The van der Waals surface area contributed by atoms with E-state index in [4.69, 9.17) is 10.2 Å². The lowest BCUT2D eigenvalue weighted by Crippen LogP contribution is -2.18. The summed E-state index contributed by atoms with van der Waals surface area (Å²) in [4.78, 5) is 31.7. The molecular weight excluding hydrogens is 434 g/mol. The number of para-hydroxylation sites is 1. The quantitative estimate of drug-likeness (QED) is 0.398.